The number of piperazine rings is 1. The van der Waals surface area contributed by atoms with E-state index >= 15 is 0 Å². The highest BCUT2D eigenvalue weighted by Gasteiger charge is 2.20. The minimum atomic E-state index is -0.166. The highest BCUT2D eigenvalue weighted by atomic mass is 16.5. The quantitative estimate of drug-likeness (QED) is 0.884. The van der Waals surface area contributed by atoms with Gasteiger partial charge in [-0.1, -0.05) is 0 Å². The maximum Gasteiger partial charge on any atom is 0.270 e. The van der Waals surface area contributed by atoms with Crippen molar-refractivity contribution < 1.29 is 9.53 Å². The molecule has 0 atom stereocenters. The number of hydrogen-bond acceptors (Lipinski definition) is 6. The third kappa shape index (κ3) is 4.22. The van der Waals surface area contributed by atoms with E-state index in [9.17, 15) is 4.79 Å². The number of carbonyl (C=O) groups is 1. The first-order chi connectivity index (χ1) is 12.6. The second-order valence-electron chi connectivity index (χ2n) is 6.54. The van der Waals surface area contributed by atoms with Crippen molar-refractivity contribution in [1.82, 2.24) is 15.3 Å². The fourth-order valence-corrected chi connectivity index (χ4v) is 2.92. The van der Waals surface area contributed by atoms with Crippen LogP contribution < -0.4 is 19.9 Å². The van der Waals surface area contributed by atoms with Crippen LogP contribution >= 0.6 is 0 Å². The summed E-state index contributed by atoms with van der Waals surface area (Å²) in [6.07, 6.45) is 1.65. The molecule has 0 unspecified atom stereocenters. The minimum Gasteiger partial charge on any atom is -0.497 e. The summed E-state index contributed by atoms with van der Waals surface area (Å²) >= 11 is 0. The third-order valence-electron chi connectivity index (χ3n) is 4.30. The van der Waals surface area contributed by atoms with Crippen LogP contribution in [0.25, 0.3) is 0 Å². The zero-order chi connectivity index (χ0) is 18.5. The van der Waals surface area contributed by atoms with E-state index in [1.54, 1.807) is 19.4 Å². The van der Waals surface area contributed by atoms with Crippen LogP contribution in [0.4, 0.5) is 11.6 Å². The summed E-state index contributed by atoms with van der Waals surface area (Å²) in [5, 5.41) is 2.86. The van der Waals surface area contributed by atoms with Gasteiger partial charge in [0.05, 0.1) is 7.11 Å². The van der Waals surface area contributed by atoms with Crippen LogP contribution in [0.3, 0.4) is 0 Å². The molecule has 1 fully saturated rings. The summed E-state index contributed by atoms with van der Waals surface area (Å²) < 4.78 is 5.21. The Morgan fingerprint density at radius 3 is 2.35 bits per heavy atom. The molecule has 1 saturated heterocycles. The van der Waals surface area contributed by atoms with Gasteiger partial charge in [-0.15, -0.1) is 0 Å². The number of ether oxygens (including phenoxy) is 1. The molecule has 1 aromatic heterocycles. The van der Waals surface area contributed by atoms with E-state index in [1.165, 1.54) is 5.69 Å². The fraction of sp³-hybridized carbons (Fsp3) is 0.421. The number of nitrogens with zero attached hydrogens (tertiary/aromatic N) is 4. The summed E-state index contributed by atoms with van der Waals surface area (Å²) in [5.41, 5.74) is 1.58. The summed E-state index contributed by atoms with van der Waals surface area (Å²) in [7, 11) is 1.67. The van der Waals surface area contributed by atoms with Crippen LogP contribution in [0.1, 0.15) is 24.3 Å². The van der Waals surface area contributed by atoms with E-state index in [-0.39, 0.29) is 11.9 Å². The van der Waals surface area contributed by atoms with Crippen molar-refractivity contribution in [3.05, 3.63) is 42.2 Å². The van der Waals surface area contributed by atoms with E-state index in [0.717, 1.165) is 31.9 Å². The number of methoxy groups -OCH3 is 1. The summed E-state index contributed by atoms with van der Waals surface area (Å²) in [4.78, 5) is 25.4. The van der Waals surface area contributed by atoms with Crippen molar-refractivity contribution in [3.8, 4) is 5.75 Å². The highest BCUT2D eigenvalue weighted by molar-refractivity contribution is 5.92. The molecule has 1 N–H and O–H groups in total. The fourth-order valence-electron chi connectivity index (χ4n) is 2.92. The van der Waals surface area contributed by atoms with Crippen molar-refractivity contribution in [3.63, 3.8) is 0 Å². The molecule has 1 amide bonds. The lowest BCUT2D eigenvalue weighted by molar-refractivity contribution is 0.0938. The topological polar surface area (TPSA) is 70.6 Å². The van der Waals surface area contributed by atoms with Crippen molar-refractivity contribution in [2.75, 3.05) is 43.1 Å². The zero-order valence-electron chi connectivity index (χ0n) is 15.5. The van der Waals surface area contributed by atoms with Gasteiger partial charge in [-0.2, -0.15) is 0 Å². The van der Waals surface area contributed by atoms with Crippen LogP contribution in [0, 0.1) is 0 Å². The van der Waals surface area contributed by atoms with Crippen molar-refractivity contribution >= 4 is 17.5 Å². The van der Waals surface area contributed by atoms with E-state index in [2.05, 4.69) is 37.2 Å². The van der Waals surface area contributed by atoms with Gasteiger partial charge in [-0.25, -0.2) is 9.97 Å². The highest BCUT2D eigenvalue weighted by Crippen LogP contribution is 2.21. The molecule has 2 heterocycles. The van der Waals surface area contributed by atoms with Gasteiger partial charge in [-0.05, 0) is 44.2 Å². The monoisotopic (exact) mass is 355 g/mol. The maximum absolute atomic E-state index is 12.1. The molecule has 138 valence electrons. The van der Waals surface area contributed by atoms with E-state index in [4.69, 9.17) is 4.74 Å². The number of benzene rings is 1. The van der Waals surface area contributed by atoms with Gasteiger partial charge < -0.3 is 19.9 Å². The Morgan fingerprint density at radius 1 is 1.08 bits per heavy atom. The second kappa shape index (κ2) is 8.03. The Morgan fingerprint density at radius 2 is 1.73 bits per heavy atom. The average molecular weight is 355 g/mol. The molecular formula is C19H25N5O2. The molecule has 7 heteroatoms. The summed E-state index contributed by atoms with van der Waals surface area (Å²) in [6, 6.07) is 9.82. The van der Waals surface area contributed by atoms with Gasteiger partial charge in [0.15, 0.2) is 0 Å². The number of anilines is 2. The molecule has 1 aliphatic rings. The Bertz CT molecular complexity index is 740. The van der Waals surface area contributed by atoms with Gasteiger partial charge in [-0.3, -0.25) is 4.79 Å². The van der Waals surface area contributed by atoms with E-state index < -0.39 is 0 Å². The number of rotatable bonds is 5. The number of carbonyl (C=O) groups excluding carboxylic acids is 1. The van der Waals surface area contributed by atoms with Crippen LogP contribution in [0.2, 0.25) is 0 Å². The smallest absolute Gasteiger partial charge is 0.270 e. The molecule has 1 aromatic carbocycles. The summed E-state index contributed by atoms with van der Waals surface area (Å²) in [6.45, 7) is 7.22. The molecular weight excluding hydrogens is 330 g/mol. The molecule has 3 rings (SSSR count). The SMILES string of the molecule is COc1ccc(N2CCN(c3nccc(C(=O)NC(C)C)n3)CC2)cc1. The Kier molecular flexibility index (Phi) is 5.55. The molecule has 26 heavy (non-hydrogen) atoms. The van der Waals surface area contributed by atoms with E-state index in [0.29, 0.717) is 11.6 Å². The lowest BCUT2D eigenvalue weighted by Crippen LogP contribution is -2.47. The van der Waals surface area contributed by atoms with Crippen molar-refractivity contribution in [2.24, 2.45) is 0 Å². The predicted molar refractivity (Wildman–Crippen MR) is 102 cm³/mol. The minimum absolute atomic E-state index is 0.0777. The van der Waals surface area contributed by atoms with Gasteiger partial charge in [0.25, 0.3) is 5.91 Å². The largest absolute Gasteiger partial charge is 0.497 e. The second-order valence-corrected chi connectivity index (χ2v) is 6.54. The maximum atomic E-state index is 12.1. The lowest BCUT2D eigenvalue weighted by atomic mass is 10.2. The standard InChI is InChI=1S/C19H25N5O2/c1-14(2)21-18(25)17-8-9-20-19(22-17)24-12-10-23(11-13-24)15-4-6-16(26-3)7-5-15/h4-9,14H,10-13H2,1-3H3,(H,21,25). The molecule has 0 saturated carbocycles. The lowest BCUT2D eigenvalue weighted by Gasteiger charge is -2.36. The molecule has 0 aliphatic carbocycles. The first kappa shape index (κ1) is 18.0. The number of nitrogens with one attached hydrogen (secondary N) is 1. The van der Waals surface area contributed by atoms with Crippen LogP contribution in [-0.4, -0.2) is 55.2 Å². The van der Waals surface area contributed by atoms with Crippen molar-refractivity contribution in [2.45, 2.75) is 19.9 Å². The van der Waals surface area contributed by atoms with Crippen LogP contribution in [0.15, 0.2) is 36.5 Å². The molecule has 0 spiro atoms. The normalized spacial score (nSPS) is 14.5. The Labute approximate surface area is 154 Å². The molecule has 7 nitrogen and oxygen atoms in total. The van der Waals surface area contributed by atoms with Crippen LogP contribution in [-0.2, 0) is 0 Å². The Hall–Kier alpha value is -2.83. The van der Waals surface area contributed by atoms with Gasteiger partial charge >= 0.3 is 0 Å². The molecule has 0 radical (unpaired) electrons. The van der Waals surface area contributed by atoms with Gasteiger partial charge in [0.1, 0.15) is 11.4 Å². The molecule has 1 aliphatic heterocycles. The summed E-state index contributed by atoms with van der Waals surface area (Å²) in [5.74, 6) is 1.30. The molecule has 0 bridgehead atoms. The Balaban J connectivity index is 1.63. The predicted octanol–water partition coefficient (Wildman–Crippen LogP) is 1.95. The first-order valence-corrected chi connectivity index (χ1v) is 8.84. The zero-order valence-corrected chi connectivity index (χ0v) is 15.5. The number of hydrogen-bond donors (Lipinski definition) is 1. The number of aromatic nitrogens is 2. The van der Waals surface area contributed by atoms with Gasteiger partial charge in [0, 0.05) is 44.1 Å². The van der Waals surface area contributed by atoms with Gasteiger partial charge in [0.2, 0.25) is 5.95 Å². The van der Waals surface area contributed by atoms with E-state index in [1.807, 2.05) is 26.0 Å². The third-order valence-corrected chi connectivity index (χ3v) is 4.30. The average Bonchev–Trinajstić information content (AvgIpc) is 2.68. The number of amides is 1. The molecule has 2 aromatic rings. The van der Waals surface area contributed by atoms with Crippen LogP contribution in [0.5, 0.6) is 5.75 Å². The first-order valence-electron chi connectivity index (χ1n) is 8.84. The van der Waals surface area contributed by atoms with Crippen molar-refractivity contribution in [1.29, 1.82) is 0 Å².